The second-order valence-corrected chi connectivity index (χ2v) is 4.96. The Labute approximate surface area is 93.5 Å². The third-order valence-electron chi connectivity index (χ3n) is 2.41. The molecule has 16 heavy (non-hydrogen) atoms. The van der Waals surface area contributed by atoms with Crippen molar-refractivity contribution in [1.29, 1.82) is 0 Å². The fourth-order valence-electron chi connectivity index (χ4n) is 1.40. The minimum Gasteiger partial charge on any atom is -0.390 e. The molecule has 0 saturated carbocycles. The van der Waals surface area contributed by atoms with Crippen LogP contribution in [0.2, 0.25) is 0 Å². The van der Waals surface area contributed by atoms with Crippen molar-refractivity contribution in [1.82, 2.24) is 0 Å². The molecule has 0 spiro atoms. The quantitative estimate of drug-likeness (QED) is 0.819. The second-order valence-electron chi connectivity index (χ2n) is 4.96. The van der Waals surface area contributed by atoms with Gasteiger partial charge in [-0.25, -0.2) is 8.78 Å². The fourth-order valence-corrected chi connectivity index (χ4v) is 1.40. The lowest BCUT2D eigenvalue weighted by molar-refractivity contribution is -0.0460. The molecule has 0 aliphatic heterocycles. The third-order valence-corrected chi connectivity index (χ3v) is 2.41. The first-order chi connectivity index (χ1) is 7.21. The molecular weight excluding hydrogens is 214 g/mol. The molecule has 0 amide bonds. The molecule has 2 N–H and O–H groups in total. The van der Waals surface area contributed by atoms with E-state index in [1.807, 2.05) is 0 Å². The summed E-state index contributed by atoms with van der Waals surface area (Å²) in [7, 11) is 0. The van der Waals surface area contributed by atoms with Gasteiger partial charge in [0.1, 0.15) is 17.7 Å². The molecule has 1 aromatic rings. The number of aliphatic hydroxyl groups excluding tert-OH is 2. The van der Waals surface area contributed by atoms with Crippen LogP contribution < -0.4 is 0 Å². The molecular formula is C12H16F2O2. The van der Waals surface area contributed by atoms with Gasteiger partial charge in [0.05, 0.1) is 6.10 Å². The third kappa shape index (κ3) is 3.00. The SMILES string of the molecule is CC(C)(C)C(O)C(O)c1cc(F)cc(F)c1. The summed E-state index contributed by atoms with van der Waals surface area (Å²) in [6, 6.07) is 2.76. The van der Waals surface area contributed by atoms with E-state index in [1.165, 1.54) is 0 Å². The average molecular weight is 230 g/mol. The van der Waals surface area contributed by atoms with Crippen molar-refractivity contribution in [2.75, 3.05) is 0 Å². The number of rotatable bonds is 2. The Balaban J connectivity index is 3.00. The lowest BCUT2D eigenvalue weighted by atomic mass is 9.83. The molecule has 0 aromatic heterocycles. The Morgan fingerprint density at radius 3 is 1.81 bits per heavy atom. The highest BCUT2D eigenvalue weighted by Crippen LogP contribution is 2.30. The van der Waals surface area contributed by atoms with E-state index in [-0.39, 0.29) is 5.56 Å². The van der Waals surface area contributed by atoms with E-state index in [2.05, 4.69) is 0 Å². The fraction of sp³-hybridized carbons (Fsp3) is 0.500. The molecule has 0 radical (unpaired) electrons. The molecule has 0 saturated heterocycles. The molecule has 2 atom stereocenters. The lowest BCUT2D eigenvalue weighted by Gasteiger charge is -2.30. The van der Waals surface area contributed by atoms with Crippen molar-refractivity contribution in [2.45, 2.75) is 33.0 Å². The van der Waals surface area contributed by atoms with Crippen molar-refractivity contribution in [3.63, 3.8) is 0 Å². The van der Waals surface area contributed by atoms with Gasteiger partial charge in [0, 0.05) is 6.07 Å². The van der Waals surface area contributed by atoms with Gasteiger partial charge in [-0.1, -0.05) is 20.8 Å². The van der Waals surface area contributed by atoms with E-state index in [0.29, 0.717) is 0 Å². The van der Waals surface area contributed by atoms with Crippen molar-refractivity contribution in [3.8, 4) is 0 Å². The van der Waals surface area contributed by atoms with Gasteiger partial charge < -0.3 is 10.2 Å². The van der Waals surface area contributed by atoms with Crippen LogP contribution in [0.25, 0.3) is 0 Å². The van der Waals surface area contributed by atoms with Gasteiger partial charge in [-0.15, -0.1) is 0 Å². The van der Waals surface area contributed by atoms with Gasteiger partial charge in [0.25, 0.3) is 0 Å². The standard InChI is InChI=1S/C12H16F2O2/c1-12(2,3)11(16)10(15)7-4-8(13)6-9(14)5-7/h4-6,10-11,15-16H,1-3H3. The maximum Gasteiger partial charge on any atom is 0.126 e. The normalized spacial score (nSPS) is 15.9. The van der Waals surface area contributed by atoms with Crippen LogP contribution in [-0.2, 0) is 0 Å². The zero-order chi connectivity index (χ0) is 12.5. The van der Waals surface area contributed by atoms with Crippen LogP contribution in [0.1, 0.15) is 32.4 Å². The number of hydrogen-bond donors (Lipinski definition) is 2. The van der Waals surface area contributed by atoms with Gasteiger partial charge in [-0.3, -0.25) is 0 Å². The molecule has 0 aliphatic rings. The van der Waals surface area contributed by atoms with Crippen LogP contribution in [0, 0.1) is 17.0 Å². The van der Waals surface area contributed by atoms with Crippen molar-refractivity contribution in [2.24, 2.45) is 5.41 Å². The van der Waals surface area contributed by atoms with Crippen molar-refractivity contribution in [3.05, 3.63) is 35.4 Å². The molecule has 1 rings (SSSR count). The van der Waals surface area contributed by atoms with Crippen LogP contribution in [0.4, 0.5) is 8.78 Å². The minimum absolute atomic E-state index is 0.0416. The molecule has 2 nitrogen and oxygen atoms in total. The summed E-state index contributed by atoms with van der Waals surface area (Å²) in [5.74, 6) is -1.54. The van der Waals surface area contributed by atoms with Gasteiger partial charge in [0.2, 0.25) is 0 Å². The predicted octanol–water partition coefficient (Wildman–Crippen LogP) is 2.41. The topological polar surface area (TPSA) is 40.5 Å². The summed E-state index contributed by atoms with van der Waals surface area (Å²) < 4.78 is 25.8. The molecule has 2 unspecified atom stereocenters. The summed E-state index contributed by atoms with van der Waals surface area (Å²) in [5.41, 5.74) is -0.526. The van der Waals surface area contributed by atoms with Gasteiger partial charge in [-0.05, 0) is 23.1 Å². The summed E-state index contributed by atoms with van der Waals surface area (Å²) in [5, 5.41) is 19.6. The molecule has 1 aromatic carbocycles. The van der Waals surface area contributed by atoms with Crippen LogP contribution in [-0.4, -0.2) is 16.3 Å². The zero-order valence-electron chi connectivity index (χ0n) is 9.54. The Kier molecular flexibility index (Phi) is 3.65. The smallest absolute Gasteiger partial charge is 0.126 e. The van der Waals surface area contributed by atoms with E-state index in [1.54, 1.807) is 20.8 Å². The van der Waals surface area contributed by atoms with E-state index in [9.17, 15) is 19.0 Å². The first-order valence-electron chi connectivity index (χ1n) is 5.04. The number of hydrogen-bond acceptors (Lipinski definition) is 2. The first kappa shape index (κ1) is 13.1. The summed E-state index contributed by atoms with van der Waals surface area (Å²) in [4.78, 5) is 0. The Hall–Kier alpha value is -1.00. The highest BCUT2D eigenvalue weighted by Gasteiger charge is 2.30. The Morgan fingerprint density at radius 1 is 1.00 bits per heavy atom. The molecule has 90 valence electrons. The number of aliphatic hydroxyl groups is 2. The van der Waals surface area contributed by atoms with Gasteiger partial charge in [0.15, 0.2) is 0 Å². The van der Waals surface area contributed by atoms with Crippen LogP contribution >= 0.6 is 0 Å². The van der Waals surface area contributed by atoms with Crippen molar-refractivity contribution >= 4 is 0 Å². The van der Waals surface area contributed by atoms with Crippen LogP contribution in [0.3, 0.4) is 0 Å². The molecule has 0 heterocycles. The monoisotopic (exact) mass is 230 g/mol. The number of halogens is 2. The summed E-state index contributed by atoms with van der Waals surface area (Å²) in [6.45, 7) is 5.20. The predicted molar refractivity (Wildman–Crippen MR) is 56.8 cm³/mol. The van der Waals surface area contributed by atoms with Gasteiger partial charge in [-0.2, -0.15) is 0 Å². The largest absolute Gasteiger partial charge is 0.390 e. The van der Waals surface area contributed by atoms with Crippen molar-refractivity contribution < 1.29 is 19.0 Å². The van der Waals surface area contributed by atoms with E-state index in [4.69, 9.17) is 0 Å². The van der Waals surface area contributed by atoms with Crippen LogP contribution in [0.15, 0.2) is 18.2 Å². The maximum atomic E-state index is 12.9. The van der Waals surface area contributed by atoms with Crippen LogP contribution in [0.5, 0.6) is 0 Å². The molecule has 0 bridgehead atoms. The highest BCUT2D eigenvalue weighted by atomic mass is 19.1. The number of benzene rings is 1. The Morgan fingerprint density at radius 2 is 1.44 bits per heavy atom. The summed E-state index contributed by atoms with van der Waals surface area (Å²) >= 11 is 0. The average Bonchev–Trinajstić information content (AvgIpc) is 2.12. The van der Waals surface area contributed by atoms with E-state index < -0.39 is 29.3 Å². The van der Waals surface area contributed by atoms with E-state index >= 15 is 0 Å². The first-order valence-corrected chi connectivity index (χ1v) is 5.04. The second kappa shape index (κ2) is 4.47. The minimum atomic E-state index is -1.30. The zero-order valence-corrected chi connectivity index (χ0v) is 9.54. The molecule has 0 aliphatic carbocycles. The maximum absolute atomic E-state index is 12.9. The highest BCUT2D eigenvalue weighted by molar-refractivity contribution is 5.21. The summed E-state index contributed by atoms with van der Waals surface area (Å²) in [6.07, 6.45) is -2.39. The lowest BCUT2D eigenvalue weighted by Crippen LogP contribution is -2.32. The van der Waals surface area contributed by atoms with E-state index in [0.717, 1.165) is 18.2 Å². The molecule has 0 fully saturated rings. The Bertz CT molecular complexity index is 352. The molecule has 4 heteroatoms. The van der Waals surface area contributed by atoms with Gasteiger partial charge >= 0.3 is 0 Å².